The molecule has 1 fully saturated rings. The van der Waals surface area contributed by atoms with Gasteiger partial charge in [0.15, 0.2) is 0 Å². The predicted molar refractivity (Wildman–Crippen MR) is 64.2 cm³/mol. The first-order valence-electron chi connectivity index (χ1n) is 6.04. The van der Waals surface area contributed by atoms with Crippen LogP contribution >= 0.6 is 0 Å². The lowest BCUT2D eigenvalue weighted by Gasteiger charge is -2.21. The third-order valence-electron chi connectivity index (χ3n) is 3.02. The van der Waals surface area contributed by atoms with E-state index in [1.165, 1.54) is 12.1 Å². The normalized spacial score (nSPS) is 24.2. The smallest absolute Gasteiger partial charge is 0.494 e. The molecule has 1 aromatic rings. The maximum absolute atomic E-state index is 12.8. The average Bonchev–Trinajstić information content (AvgIpc) is 2.72. The molecule has 1 aromatic carbocycles. The Balaban J connectivity index is 2.01. The van der Waals surface area contributed by atoms with Crippen LogP contribution in [0.4, 0.5) is 12.9 Å². The Kier molecular flexibility index (Phi) is 3.85. The minimum absolute atomic E-state index is 0.103. The molecule has 2 atom stereocenters. The molecule has 0 saturated carbocycles. The number of halogens is 3. The summed E-state index contributed by atoms with van der Waals surface area (Å²) in [6.45, 7) is -2.91. The van der Waals surface area contributed by atoms with Crippen LogP contribution in [0.1, 0.15) is 19.8 Å². The van der Waals surface area contributed by atoms with Crippen molar-refractivity contribution in [3.8, 4) is 5.75 Å². The van der Waals surface area contributed by atoms with Crippen molar-refractivity contribution in [1.82, 2.24) is 0 Å². The van der Waals surface area contributed by atoms with Gasteiger partial charge in [-0.15, -0.1) is 0 Å². The minimum Gasteiger partial charge on any atom is -0.494 e. The molecule has 0 N–H and O–H groups in total. The molecule has 0 radical (unpaired) electrons. The van der Waals surface area contributed by atoms with Gasteiger partial charge in [-0.1, -0.05) is 23.7 Å². The standard InChI is InChI=1S/C12H15BF3O2/c1-9-6-7-10(18-9)8-17-12-5-3-2-4-11(12)13(14,15)16/h2-5,9-10H,6-8H2,1H3/q-1. The maximum atomic E-state index is 12.8. The number of hydrogen-bond donors (Lipinski definition) is 0. The van der Waals surface area contributed by atoms with E-state index in [1.54, 1.807) is 6.07 Å². The summed E-state index contributed by atoms with van der Waals surface area (Å²) in [5.74, 6) is -0.104. The molecule has 1 aliphatic heterocycles. The van der Waals surface area contributed by atoms with Gasteiger partial charge in [0.05, 0.1) is 18.0 Å². The fourth-order valence-electron chi connectivity index (χ4n) is 2.07. The zero-order chi connectivity index (χ0) is 13.2. The summed E-state index contributed by atoms with van der Waals surface area (Å²) in [6, 6.07) is 5.31. The van der Waals surface area contributed by atoms with Gasteiger partial charge in [0.25, 0.3) is 0 Å². The van der Waals surface area contributed by atoms with Crippen molar-refractivity contribution in [3.05, 3.63) is 24.3 Å². The van der Waals surface area contributed by atoms with Crippen LogP contribution in [0.5, 0.6) is 5.75 Å². The second-order valence-corrected chi connectivity index (χ2v) is 4.57. The second kappa shape index (κ2) is 5.22. The highest BCUT2D eigenvalue weighted by molar-refractivity contribution is 6.74. The van der Waals surface area contributed by atoms with Crippen LogP contribution < -0.4 is 10.2 Å². The zero-order valence-corrected chi connectivity index (χ0v) is 10.1. The van der Waals surface area contributed by atoms with Crippen LogP contribution in [-0.4, -0.2) is 25.8 Å². The molecule has 2 rings (SSSR count). The molecule has 6 heteroatoms. The molecule has 0 amide bonds. The fraction of sp³-hybridized carbons (Fsp3) is 0.500. The summed E-state index contributed by atoms with van der Waals surface area (Å²) >= 11 is 0. The molecule has 18 heavy (non-hydrogen) atoms. The Morgan fingerprint density at radius 2 is 2.00 bits per heavy atom. The number of ether oxygens (including phenoxy) is 2. The summed E-state index contributed by atoms with van der Waals surface area (Å²) in [4.78, 5) is 0. The molecule has 0 aromatic heterocycles. The number of hydrogen-bond acceptors (Lipinski definition) is 2. The molecule has 1 aliphatic rings. The Morgan fingerprint density at radius 1 is 1.28 bits per heavy atom. The highest BCUT2D eigenvalue weighted by Gasteiger charge is 2.29. The Morgan fingerprint density at radius 3 is 2.61 bits per heavy atom. The lowest BCUT2D eigenvalue weighted by molar-refractivity contribution is 0.0266. The van der Waals surface area contributed by atoms with Gasteiger partial charge >= 0.3 is 6.98 Å². The number of rotatable bonds is 4. The zero-order valence-electron chi connectivity index (χ0n) is 10.1. The molecule has 1 heterocycles. The molecular formula is C12H15BF3O2-. The van der Waals surface area contributed by atoms with Crippen LogP contribution in [0.3, 0.4) is 0 Å². The largest absolute Gasteiger partial charge is 0.513 e. The van der Waals surface area contributed by atoms with E-state index in [2.05, 4.69) is 0 Å². The van der Waals surface area contributed by atoms with Crippen LogP contribution in [0.2, 0.25) is 0 Å². The third kappa shape index (κ3) is 3.19. The van der Waals surface area contributed by atoms with Gasteiger partial charge in [0.1, 0.15) is 6.61 Å². The van der Waals surface area contributed by atoms with E-state index >= 15 is 0 Å². The van der Waals surface area contributed by atoms with Gasteiger partial charge in [-0.25, -0.2) is 0 Å². The van der Waals surface area contributed by atoms with Crippen LogP contribution in [0.25, 0.3) is 0 Å². The average molecular weight is 259 g/mol. The minimum atomic E-state index is -5.04. The lowest BCUT2D eigenvalue weighted by Crippen LogP contribution is -2.36. The van der Waals surface area contributed by atoms with E-state index in [1.807, 2.05) is 6.92 Å². The van der Waals surface area contributed by atoms with E-state index in [0.717, 1.165) is 18.9 Å². The summed E-state index contributed by atoms with van der Waals surface area (Å²) < 4.78 is 49.1. The first-order valence-corrected chi connectivity index (χ1v) is 6.04. The van der Waals surface area contributed by atoms with Crippen molar-refractivity contribution in [2.24, 2.45) is 0 Å². The van der Waals surface area contributed by atoms with Crippen molar-refractivity contribution in [1.29, 1.82) is 0 Å². The summed E-state index contributed by atoms with van der Waals surface area (Å²) in [5, 5.41) is 0. The highest BCUT2D eigenvalue weighted by Crippen LogP contribution is 2.21. The quantitative estimate of drug-likeness (QED) is 0.774. The predicted octanol–water partition coefficient (Wildman–Crippen LogP) is 2.69. The topological polar surface area (TPSA) is 18.5 Å². The monoisotopic (exact) mass is 259 g/mol. The highest BCUT2D eigenvalue weighted by atomic mass is 19.4. The maximum Gasteiger partial charge on any atom is 0.513 e. The molecule has 1 saturated heterocycles. The van der Waals surface area contributed by atoms with E-state index in [4.69, 9.17) is 9.47 Å². The lowest BCUT2D eigenvalue weighted by atomic mass is 9.79. The van der Waals surface area contributed by atoms with E-state index in [-0.39, 0.29) is 24.6 Å². The van der Waals surface area contributed by atoms with Crippen LogP contribution in [-0.2, 0) is 4.74 Å². The first-order chi connectivity index (χ1) is 8.47. The van der Waals surface area contributed by atoms with Crippen molar-refractivity contribution in [2.75, 3.05) is 6.61 Å². The fourth-order valence-corrected chi connectivity index (χ4v) is 2.07. The molecular weight excluding hydrogens is 244 g/mol. The van der Waals surface area contributed by atoms with Gasteiger partial charge in [0.2, 0.25) is 0 Å². The third-order valence-corrected chi connectivity index (χ3v) is 3.02. The number of benzene rings is 1. The van der Waals surface area contributed by atoms with Crippen molar-refractivity contribution in [3.63, 3.8) is 0 Å². The SMILES string of the molecule is CC1CCC(COc2ccccc2[B-](F)(F)F)O1. The Hall–Kier alpha value is -1.17. The molecule has 0 aliphatic carbocycles. The van der Waals surface area contributed by atoms with Crippen molar-refractivity contribution < 1.29 is 22.4 Å². The van der Waals surface area contributed by atoms with Gasteiger partial charge in [-0.3, -0.25) is 0 Å². The number of para-hydroxylation sites is 1. The summed E-state index contributed by atoms with van der Waals surface area (Å²) in [6.07, 6.45) is 1.83. The van der Waals surface area contributed by atoms with E-state index in [9.17, 15) is 12.9 Å². The first kappa shape index (κ1) is 13.3. The Labute approximate surface area is 104 Å². The van der Waals surface area contributed by atoms with Crippen LogP contribution in [0, 0.1) is 0 Å². The van der Waals surface area contributed by atoms with Crippen LogP contribution in [0.15, 0.2) is 24.3 Å². The molecule has 2 unspecified atom stereocenters. The van der Waals surface area contributed by atoms with Gasteiger partial charge in [-0.2, -0.15) is 0 Å². The summed E-state index contributed by atoms with van der Waals surface area (Å²) in [5.41, 5.74) is -0.677. The van der Waals surface area contributed by atoms with Gasteiger partial charge in [0, 0.05) is 0 Å². The molecule has 0 bridgehead atoms. The molecule has 100 valence electrons. The molecule has 2 nitrogen and oxygen atoms in total. The Bertz CT molecular complexity index is 409. The van der Waals surface area contributed by atoms with Crippen molar-refractivity contribution in [2.45, 2.75) is 32.0 Å². The second-order valence-electron chi connectivity index (χ2n) is 4.57. The van der Waals surface area contributed by atoms with Gasteiger partial charge in [-0.05, 0) is 25.8 Å². The summed E-state index contributed by atoms with van der Waals surface area (Å²) in [7, 11) is 0. The van der Waals surface area contributed by atoms with Crippen molar-refractivity contribution >= 4 is 12.4 Å². The van der Waals surface area contributed by atoms with E-state index in [0.29, 0.717) is 0 Å². The molecule has 0 spiro atoms. The van der Waals surface area contributed by atoms with Gasteiger partial charge < -0.3 is 22.4 Å². The van der Waals surface area contributed by atoms with E-state index < -0.39 is 12.4 Å².